The number of halogens is 7. The van der Waals surface area contributed by atoms with Gasteiger partial charge in [0.05, 0.1) is 29.8 Å². The van der Waals surface area contributed by atoms with Gasteiger partial charge in [-0.15, -0.1) is 11.3 Å². The van der Waals surface area contributed by atoms with Crippen LogP contribution < -0.4 is 9.46 Å². The van der Waals surface area contributed by atoms with E-state index in [0.29, 0.717) is 17.4 Å². The molecule has 1 saturated carbocycles. The molecule has 0 atom stereocenters. The molecule has 4 rings (SSSR count). The molecule has 1 fully saturated rings. The Morgan fingerprint density at radius 2 is 1.73 bits per heavy atom. The Labute approximate surface area is 233 Å². The Morgan fingerprint density at radius 1 is 1.07 bits per heavy atom. The molecule has 7 nitrogen and oxygen atoms in total. The maximum atomic E-state index is 14.2. The molecule has 1 aliphatic carbocycles. The molecule has 0 aliphatic heterocycles. The number of aromatic carboxylic acids is 1. The number of methoxy groups -OCH3 is 1. The number of carbonyl (C=O) groups is 1. The Balaban J connectivity index is 1.63. The number of anilines is 1. The molecule has 0 bridgehead atoms. The summed E-state index contributed by atoms with van der Waals surface area (Å²) in [6.45, 7) is 0. The number of hydrogen-bond acceptors (Lipinski definition) is 6. The van der Waals surface area contributed by atoms with Gasteiger partial charge in [-0.05, 0) is 49.3 Å². The highest BCUT2D eigenvalue weighted by molar-refractivity contribution is 7.92. The molecule has 3 aromatic rings. The normalized spacial score (nSPS) is 18.2. The maximum absolute atomic E-state index is 14.2. The summed E-state index contributed by atoms with van der Waals surface area (Å²) in [6, 6.07) is 4.68. The monoisotopic (exact) mass is 626 g/mol. The zero-order valence-corrected chi connectivity index (χ0v) is 22.6. The van der Waals surface area contributed by atoms with Gasteiger partial charge in [-0.1, -0.05) is 12.1 Å². The Bertz CT molecular complexity index is 1560. The Hall–Kier alpha value is -3.40. The van der Waals surface area contributed by atoms with Gasteiger partial charge < -0.3 is 9.84 Å². The highest BCUT2D eigenvalue weighted by Gasteiger charge is 2.42. The van der Waals surface area contributed by atoms with Crippen molar-refractivity contribution in [3.63, 3.8) is 0 Å². The van der Waals surface area contributed by atoms with Crippen molar-refractivity contribution in [3.05, 3.63) is 58.2 Å². The summed E-state index contributed by atoms with van der Waals surface area (Å²) in [5.41, 5.74) is -2.56. The second-order valence-electron chi connectivity index (χ2n) is 9.33. The van der Waals surface area contributed by atoms with Gasteiger partial charge in [-0.2, -0.15) is 34.8 Å². The number of carboxylic acids is 1. The van der Waals surface area contributed by atoms with Crippen molar-refractivity contribution >= 4 is 33.0 Å². The molecule has 0 saturated heterocycles. The fourth-order valence-electron chi connectivity index (χ4n) is 4.66. The van der Waals surface area contributed by atoms with Crippen LogP contribution in [0.3, 0.4) is 0 Å². The molecular formula is C25H21F7N2O5S2. The third kappa shape index (κ3) is 6.58. The standard InChI is InChI=1S/C25H21F7N2O5S2/c1-39-20-9-16(23(35)36)18(26)10-19(20)34-41(37,38)21-11-40-22(33-21)15-7-4-13(8-17(15)25(30,31)32)12-2-5-14(6-3-12)24(27,28)29/h4,7-12,14,34H,2-3,5-6H2,1H3,(H,35,36). The van der Waals surface area contributed by atoms with E-state index in [9.17, 15) is 43.9 Å². The van der Waals surface area contributed by atoms with Gasteiger partial charge in [0.15, 0.2) is 5.03 Å². The Morgan fingerprint density at radius 3 is 2.29 bits per heavy atom. The topological polar surface area (TPSA) is 106 Å². The van der Waals surface area contributed by atoms with Crippen LogP contribution in [0.5, 0.6) is 5.75 Å². The van der Waals surface area contributed by atoms with Crippen molar-refractivity contribution in [1.82, 2.24) is 4.98 Å². The molecule has 2 aromatic carbocycles. The zero-order valence-electron chi connectivity index (χ0n) is 20.9. The van der Waals surface area contributed by atoms with E-state index < -0.39 is 73.4 Å². The van der Waals surface area contributed by atoms with Crippen molar-refractivity contribution in [3.8, 4) is 16.3 Å². The fraction of sp³-hybridized carbons (Fsp3) is 0.360. The highest BCUT2D eigenvalue weighted by atomic mass is 32.2. The number of alkyl halides is 6. The number of benzene rings is 2. The number of ether oxygens (including phenoxy) is 1. The van der Waals surface area contributed by atoms with Crippen LogP contribution in [0.15, 0.2) is 40.7 Å². The summed E-state index contributed by atoms with van der Waals surface area (Å²) in [5.74, 6) is -5.21. The minimum atomic E-state index is -4.88. The summed E-state index contributed by atoms with van der Waals surface area (Å²) in [6.07, 6.45) is -9.47. The highest BCUT2D eigenvalue weighted by Crippen LogP contribution is 2.45. The third-order valence-electron chi connectivity index (χ3n) is 6.76. The van der Waals surface area contributed by atoms with E-state index in [1.165, 1.54) is 6.07 Å². The second kappa shape index (κ2) is 11.1. The van der Waals surface area contributed by atoms with Crippen LogP contribution in [0.1, 0.15) is 53.1 Å². The van der Waals surface area contributed by atoms with Crippen LogP contribution in [0.4, 0.5) is 36.4 Å². The number of rotatable bonds is 7. The molecule has 1 aliphatic rings. The molecular weight excluding hydrogens is 605 g/mol. The number of aromatic nitrogens is 1. The summed E-state index contributed by atoms with van der Waals surface area (Å²) in [4.78, 5) is 15.0. The van der Waals surface area contributed by atoms with Crippen LogP contribution in [0, 0.1) is 11.7 Å². The summed E-state index contributed by atoms with van der Waals surface area (Å²) in [7, 11) is -3.51. The van der Waals surface area contributed by atoms with Gasteiger partial charge in [0.2, 0.25) is 0 Å². The van der Waals surface area contributed by atoms with Crippen molar-refractivity contribution < 1.29 is 53.8 Å². The lowest BCUT2D eigenvalue weighted by atomic mass is 9.78. The molecule has 0 amide bonds. The molecule has 0 spiro atoms. The van der Waals surface area contributed by atoms with E-state index in [0.717, 1.165) is 30.7 Å². The lowest BCUT2D eigenvalue weighted by Gasteiger charge is -2.30. The first kappa shape index (κ1) is 30.6. The first-order chi connectivity index (χ1) is 19.0. The van der Waals surface area contributed by atoms with Crippen molar-refractivity contribution in [2.24, 2.45) is 5.92 Å². The molecule has 0 unspecified atom stereocenters. The average Bonchev–Trinajstić information content (AvgIpc) is 3.39. The molecule has 1 aromatic heterocycles. The van der Waals surface area contributed by atoms with Gasteiger partial charge in [0.1, 0.15) is 16.6 Å². The number of hydrogen-bond donors (Lipinski definition) is 2. The van der Waals surface area contributed by atoms with Crippen LogP contribution in [-0.4, -0.2) is 37.8 Å². The van der Waals surface area contributed by atoms with Crippen molar-refractivity contribution in [2.45, 2.75) is 49.0 Å². The second-order valence-corrected chi connectivity index (χ2v) is 11.8. The van der Waals surface area contributed by atoms with Crippen LogP contribution in [0.2, 0.25) is 0 Å². The molecule has 1 heterocycles. The zero-order chi connectivity index (χ0) is 30.3. The predicted octanol–water partition coefficient (Wildman–Crippen LogP) is 7.31. The molecule has 2 N–H and O–H groups in total. The minimum Gasteiger partial charge on any atom is -0.495 e. The predicted molar refractivity (Wildman–Crippen MR) is 134 cm³/mol. The first-order valence-corrected chi connectivity index (χ1v) is 14.2. The molecule has 16 heteroatoms. The van der Waals surface area contributed by atoms with E-state index in [2.05, 4.69) is 4.98 Å². The van der Waals surface area contributed by atoms with E-state index in [1.54, 1.807) is 0 Å². The average molecular weight is 627 g/mol. The largest absolute Gasteiger partial charge is 0.495 e. The van der Waals surface area contributed by atoms with Gasteiger partial charge in [0.25, 0.3) is 10.0 Å². The lowest BCUT2D eigenvalue weighted by Crippen LogP contribution is -2.27. The summed E-state index contributed by atoms with van der Waals surface area (Å²) in [5, 5.41) is 9.02. The van der Waals surface area contributed by atoms with Crippen molar-refractivity contribution in [1.29, 1.82) is 0 Å². The van der Waals surface area contributed by atoms with E-state index >= 15 is 0 Å². The maximum Gasteiger partial charge on any atom is 0.417 e. The number of nitrogens with zero attached hydrogens (tertiary/aromatic N) is 1. The first-order valence-electron chi connectivity index (χ1n) is 11.9. The molecule has 222 valence electrons. The van der Waals surface area contributed by atoms with Crippen LogP contribution in [-0.2, 0) is 16.2 Å². The Kier molecular flexibility index (Phi) is 8.28. The number of thiazole rings is 1. The van der Waals surface area contributed by atoms with Gasteiger partial charge >= 0.3 is 18.3 Å². The van der Waals surface area contributed by atoms with Gasteiger partial charge in [0, 0.05) is 17.0 Å². The number of carboxylic acid groups (broad SMARTS) is 1. The fourth-order valence-corrected chi connectivity index (χ4v) is 6.86. The smallest absolute Gasteiger partial charge is 0.417 e. The lowest BCUT2D eigenvalue weighted by molar-refractivity contribution is -0.182. The van der Waals surface area contributed by atoms with Crippen LogP contribution in [0.25, 0.3) is 10.6 Å². The molecule has 0 radical (unpaired) electrons. The number of sulfonamides is 1. The number of nitrogens with one attached hydrogen (secondary N) is 1. The summed E-state index contributed by atoms with van der Waals surface area (Å²) >= 11 is 0.596. The van der Waals surface area contributed by atoms with Crippen LogP contribution >= 0.6 is 11.3 Å². The third-order valence-corrected chi connectivity index (χ3v) is 9.04. The van der Waals surface area contributed by atoms with E-state index in [-0.39, 0.29) is 42.0 Å². The van der Waals surface area contributed by atoms with Gasteiger partial charge in [-0.25, -0.2) is 14.2 Å². The van der Waals surface area contributed by atoms with E-state index in [1.807, 2.05) is 4.72 Å². The van der Waals surface area contributed by atoms with Crippen molar-refractivity contribution in [2.75, 3.05) is 11.8 Å². The quantitative estimate of drug-likeness (QED) is 0.267. The van der Waals surface area contributed by atoms with Gasteiger partial charge in [-0.3, -0.25) is 4.72 Å². The summed E-state index contributed by atoms with van der Waals surface area (Å²) < 4.78 is 128. The minimum absolute atomic E-state index is 0.0731. The van der Waals surface area contributed by atoms with E-state index in [4.69, 9.17) is 9.84 Å². The molecule has 41 heavy (non-hydrogen) atoms. The SMILES string of the molecule is COc1cc(C(=O)O)c(F)cc1NS(=O)(=O)c1csc(-c2ccc(C3CCC(C(F)(F)F)CC3)cc2C(F)(F)F)n1.